The zero-order valence-electron chi connectivity index (χ0n) is 15.5. The van der Waals surface area contributed by atoms with Gasteiger partial charge in [0, 0.05) is 19.6 Å². The van der Waals surface area contributed by atoms with Crippen molar-refractivity contribution in [2.75, 3.05) is 19.6 Å². The number of hydrogen-bond donors (Lipinski definition) is 2. The number of rotatable bonds is 4. The number of aliphatic hydroxyl groups excluding tert-OH is 1. The van der Waals surface area contributed by atoms with Crippen LogP contribution < -0.4 is 0 Å². The molecule has 2 N–H and O–H groups in total. The van der Waals surface area contributed by atoms with E-state index in [1.807, 2.05) is 18.2 Å². The molecule has 3 nitrogen and oxygen atoms in total. The summed E-state index contributed by atoms with van der Waals surface area (Å²) in [6, 6.07) is 14.3. The first kappa shape index (κ1) is 18.1. The summed E-state index contributed by atoms with van der Waals surface area (Å²) in [6.07, 6.45) is 0.927. The summed E-state index contributed by atoms with van der Waals surface area (Å²) in [5.41, 5.74) is 4.89. The molecule has 1 heterocycles. The molecular weight excluding hydrogens is 310 g/mol. The number of nitrogens with zero attached hydrogens (tertiary/aromatic N) is 1. The van der Waals surface area contributed by atoms with Crippen molar-refractivity contribution >= 4 is 0 Å². The van der Waals surface area contributed by atoms with E-state index in [1.54, 1.807) is 0 Å². The SMILES string of the molecule is Cc1cccc(C2(O)CCN(CC(O)c3ccc(C)c(C)c3)CC2)c1. The van der Waals surface area contributed by atoms with Crippen molar-refractivity contribution in [1.29, 1.82) is 0 Å². The fourth-order valence-corrected chi connectivity index (χ4v) is 3.65. The maximum atomic E-state index is 11.0. The first-order valence-corrected chi connectivity index (χ1v) is 9.14. The minimum atomic E-state index is -0.742. The predicted molar refractivity (Wildman–Crippen MR) is 102 cm³/mol. The predicted octanol–water partition coefficient (Wildman–Crippen LogP) is 3.63. The van der Waals surface area contributed by atoms with E-state index in [9.17, 15) is 10.2 Å². The number of aryl methyl sites for hydroxylation is 3. The van der Waals surface area contributed by atoms with Crippen LogP contribution in [0.4, 0.5) is 0 Å². The summed E-state index contributed by atoms with van der Waals surface area (Å²) >= 11 is 0. The highest BCUT2D eigenvalue weighted by atomic mass is 16.3. The van der Waals surface area contributed by atoms with Crippen LogP contribution in [0, 0.1) is 20.8 Å². The topological polar surface area (TPSA) is 43.7 Å². The minimum absolute atomic E-state index is 0.482. The Labute approximate surface area is 150 Å². The van der Waals surface area contributed by atoms with Crippen molar-refractivity contribution < 1.29 is 10.2 Å². The summed E-state index contributed by atoms with van der Waals surface area (Å²) in [5.74, 6) is 0. The molecule has 0 spiro atoms. The van der Waals surface area contributed by atoms with E-state index in [0.29, 0.717) is 19.4 Å². The average Bonchev–Trinajstić information content (AvgIpc) is 2.59. The Kier molecular flexibility index (Phi) is 5.28. The Bertz CT molecular complexity index is 733. The van der Waals surface area contributed by atoms with Crippen molar-refractivity contribution in [3.63, 3.8) is 0 Å². The van der Waals surface area contributed by atoms with Gasteiger partial charge in [0.05, 0.1) is 11.7 Å². The van der Waals surface area contributed by atoms with E-state index >= 15 is 0 Å². The second-order valence-corrected chi connectivity index (χ2v) is 7.56. The van der Waals surface area contributed by atoms with Crippen LogP contribution in [-0.2, 0) is 5.60 Å². The Hall–Kier alpha value is -1.68. The molecule has 0 saturated carbocycles. The molecule has 2 aromatic carbocycles. The summed E-state index contributed by atoms with van der Waals surface area (Å²) in [5, 5.41) is 21.6. The lowest BCUT2D eigenvalue weighted by Gasteiger charge is -2.39. The molecule has 1 aliphatic heterocycles. The molecule has 1 atom stereocenters. The van der Waals surface area contributed by atoms with Crippen LogP contribution in [-0.4, -0.2) is 34.7 Å². The second kappa shape index (κ2) is 7.28. The molecule has 0 bridgehead atoms. The van der Waals surface area contributed by atoms with Crippen molar-refractivity contribution in [1.82, 2.24) is 4.90 Å². The monoisotopic (exact) mass is 339 g/mol. The number of aliphatic hydroxyl groups is 2. The van der Waals surface area contributed by atoms with Gasteiger partial charge in [-0.15, -0.1) is 0 Å². The van der Waals surface area contributed by atoms with E-state index in [-0.39, 0.29) is 0 Å². The Morgan fingerprint density at radius 2 is 1.72 bits per heavy atom. The van der Waals surface area contributed by atoms with Crippen molar-refractivity contribution in [3.05, 3.63) is 70.3 Å². The zero-order valence-corrected chi connectivity index (χ0v) is 15.5. The summed E-state index contributed by atoms with van der Waals surface area (Å²) in [6.45, 7) is 8.43. The molecule has 1 unspecified atom stereocenters. The summed E-state index contributed by atoms with van der Waals surface area (Å²) in [4.78, 5) is 2.25. The first-order valence-electron chi connectivity index (χ1n) is 9.14. The normalized spacial score (nSPS) is 18.9. The van der Waals surface area contributed by atoms with E-state index in [4.69, 9.17) is 0 Å². The van der Waals surface area contributed by atoms with Crippen molar-refractivity contribution in [2.24, 2.45) is 0 Å². The highest BCUT2D eigenvalue weighted by molar-refractivity contribution is 5.31. The molecule has 0 aliphatic carbocycles. The molecule has 0 radical (unpaired) electrons. The van der Waals surface area contributed by atoms with E-state index in [0.717, 1.165) is 24.2 Å². The Balaban J connectivity index is 1.61. The lowest BCUT2D eigenvalue weighted by molar-refractivity contribution is -0.0345. The maximum Gasteiger partial charge on any atom is 0.0921 e. The summed E-state index contributed by atoms with van der Waals surface area (Å²) < 4.78 is 0. The highest BCUT2D eigenvalue weighted by Crippen LogP contribution is 2.33. The number of likely N-dealkylation sites (tertiary alicyclic amines) is 1. The maximum absolute atomic E-state index is 11.0. The molecule has 3 heteroatoms. The first-order chi connectivity index (χ1) is 11.9. The molecule has 1 fully saturated rings. The fourth-order valence-electron chi connectivity index (χ4n) is 3.65. The molecule has 134 valence electrons. The number of piperidine rings is 1. The van der Waals surface area contributed by atoms with Gasteiger partial charge in [0.15, 0.2) is 0 Å². The third-order valence-electron chi connectivity index (χ3n) is 5.59. The smallest absolute Gasteiger partial charge is 0.0921 e. The van der Waals surface area contributed by atoms with Gasteiger partial charge in [-0.2, -0.15) is 0 Å². The lowest BCUT2D eigenvalue weighted by Crippen LogP contribution is -2.44. The van der Waals surface area contributed by atoms with E-state index in [1.165, 1.54) is 16.7 Å². The van der Waals surface area contributed by atoms with Crippen LogP contribution in [0.1, 0.15) is 46.8 Å². The summed E-state index contributed by atoms with van der Waals surface area (Å²) in [7, 11) is 0. The molecule has 25 heavy (non-hydrogen) atoms. The standard InChI is InChI=1S/C22H29NO2/c1-16-5-4-6-20(13-16)22(25)9-11-23(12-10-22)15-21(24)19-8-7-17(2)18(3)14-19/h4-8,13-14,21,24-25H,9-12,15H2,1-3H3. The number of hydrogen-bond acceptors (Lipinski definition) is 3. The lowest BCUT2D eigenvalue weighted by atomic mass is 9.83. The van der Waals surface area contributed by atoms with Crippen LogP contribution in [0.5, 0.6) is 0 Å². The van der Waals surface area contributed by atoms with Gasteiger partial charge >= 0.3 is 0 Å². The quantitative estimate of drug-likeness (QED) is 0.894. The van der Waals surface area contributed by atoms with Crippen molar-refractivity contribution in [3.8, 4) is 0 Å². The van der Waals surface area contributed by atoms with Gasteiger partial charge < -0.3 is 15.1 Å². The van der Waals surface area contributed by atoms with Crippen LogP contribution in [0.3, 0.4) is 0 Å². The molecule has 1 aliphatic rings. The average molecular weight is 339 g/mol. The molecular formula is C22H29NO2. The van der Waals surface area contributed by atoms with E-state index < -0.39 is 11.7 Å². The fraction of sp³-hybridized carbons (Fsp3) is 0.455. The van der Waals surface area contributed by atoms with Crippen LogP contribution in [0.2, 0.25) is 0 Å². The second-order valence-electron chi connectivity index (χ2n) is 7.56. The zero-order chi connectivity index (χ0) is 18.0. The third-order valence-corrected chi connectivity index (χ3v) is 5.59. The largest absolute Gasteiger partial charge is 0.387 e. The number of β-amino-alcohol motifs (C(OH)–C–C–N with tert-alkyl or cyclic N) is 1. The van der Waals surface area contributed by atoms with Crippen LogP contribution in [0.15, 0.2) is 42.5 Å². The Morgan fingerprint density at radius 3 is 2.36 bits per heavy atom. The van der Waals surface area contributed by atoms with E-state index in [2.05, 4.69) is 49.9 Å². The molecule has 0 aromatic heterocycles. The van der Waals surface area contributed by atoms with Gasteiger partial charge in [-0.25, -0.2) is 0 Å². The molecule has 0 amide bonds. The van der Waals surface area contributed by atoms with Crippen LogP contribution >= 0.6 is 0 Å². The molecule has 2 aromatic rings. The Morgan fingerprint density at radius 1 is 1.00 bits per heavy atom. The number of benzene rings is 2. The molecule has 3 rings (SSSR count). The molecule has 1 saturated heterocycles. The van der Waals surface area contributed by atoms with Gasteiger partial charge in [0.25, 0.3) is 0 Å². The van der Waals surface area contributed by atoms with Gasteiger partial charge in [0.2, 0.25) is 0 Å². The van der Waals surface area contributed by atoms with Gasteiger partial charge in [0.1, 0.15) is 0 Å². The van der Waals surface area contributed by atoms with Crippen LogP contribution in [0.25, 0.3) is 0 Å². The van der Waals surface area contributed by atoms with Crippen molar-refractivity contribution in [2.45, 2.75) is 45.3 Å². The van der Waals surface area contributed by atoms with Gasteiger partial charge in [-0.3, -0.25) is 0 Å². The minimum Gasteiger partial charge on any atom is -0.387 e. The van der Waals surface area contributed by atoms with Gasteiger partial charge in [-0.05, 0) is 55.9 Å². The third kappa shape index (κ3) is 4.12. The van der Waals surface area contributed by atoms with Gasteiger partial charge in [-0.1, -0.05) is 48.0 Å². The highest BCUT2D eigenvalue weighted by Gasteiger charge is 2.34.